The van der Waals surface area contributed by atoms with Crippen molar-refractivity contribution in [1.82, 2.24) is 19.9 Å². The Bertz CT molecular complexity index is 1620. The van der Waals surface area contributed by atoms with E-state index in [1.807, 2.05) is 0 Å². The van der Waals surface area contributed by atoms with Gasteiger partial charge in [-0.05, 0) is 42.8 Å². The fourth-order valence-electron chi connectivity index (χ4n) is 4.57. The zero-order chi connectivity index (χ0) is 27.9. The Kier molecular flexibility index (Phi) is 6.70. The molecule has 0 aliphatic carbocycles. The summed E-state index contributed by atoms with van der Waals surface area (Å²) >= 11 is 0. The number of benzene rings is 2. The third kappa shape index (κ3) is 5.26. The number of hydrogen-bond donors (Lipinski definition) is 0. The lowest BCUT2D eigenvalue weighted by Gasteiger charge is -2.15. The smallest absolute Gasteiger partial charge is 0.417 e. The summed E-state index contributed by atoms with van der Waals surface area (Å²) in [6.07, 6.45) is -0.770. The third-order valence-corrected chi connectivity index (χ3v) is 6.63. The lowest BCUT2D eigenvalue weighted by molar-refractivity contribution is -0.137. The van der Waals surface area contributed by atoms with Crippen molar-refractivity contribution in [2.45, 2.75) is 19.1 Å². The molecule has 0 saturated carbocycles. The number of nitrogens with zero attached hydrogens (tertiary/aromatic N) is 4. The molecule has 1 unspecified atom stereocenters. The fraction of sp³-hybridized carbons (Fsp3) is 0.250. The van der Waals surface area contributed by atoms with Gasteiger partial charge in [0.25, 0.3) is 0 Å². The molecule has 0 bridgehead atoms. The van der Waals surface area contributed by atoms with Gasteiger partial charge in [0, 0.05) is 35.3 Å². The topological polar surface area (TPSA) is 75.2 Å². The normalized spacial score (nSPS) is 15.7. The Hall–Kier alpha value is -4.32. The van der Waals surface area contributed by atoms with E-state index in [1.165, 1.54) is 41.2 Å². The molecule has 3 aliphatic heterocycles. The molecule has 0 amide bonds. The first kappa shape index (κ1) is 25.9. The van der Waals surface area contributed by atoms with Crippen molar-refractivity contribution in [2.24, 2.45) is 5.92 Å². The second kappa shape index (κ2) is 10.3. The van der Waals surface area contributed by atoms with Crippen molar-refractivity contribution in [1.29, 1.82) is 0 Å². The van der Waals surface area contributed by atoms with Gasteiger partial charge in [0.05, 0.1) is 42.6 Å². The number of rotatable bonds is 7. The highest BCUT2D eigenvalue weighted by molar-refractivity contribution is 5.72. The minimum atomic E-state index is -4.64. The van der Waals surface area contributed by atoms with E-state index in [0.29, 0.717) is 24.5 Å². The maximum Gasteiger partial charge on any atom is 0.417 e. The van der Waals surface area contributed by atoms with Crippen LogP contribution in [0.5, 0.6) is 5.75 Å². The summed E-state index contributed by atoms with van der Waals surface area (Å²) in [4.78, 5) is 4.37. The Morgan fingerprint density at radius 3 is 2.67 bits per heavy atom. The number of halogens is 5. The molecule has 1 fully saturated rings. The van der Waals surface area contributed by atoms with Crippen LogP contribution < -0.4 is 4.74 Å². The number of alkyl halides is 3. The molecule has 206 valence electrons. The van der Waals surface area contributed by atoms with Gasteiger partial charge in [-0.3, -0.25) is 4.68 Å². The van der Waals surface area contributed by atoms with Crippen LogP contribution in [0.1, 0.15) is 17.7 Å². The monoisotopic (exact) mass is 556 g/mol. The second-order valence-electron chi connectivity index (χ2n) is 9.48. The predicted molar refractivity (Wildman–Crippen MR) is 132 cm³/mol. The van der Waals surface area contributed by atoms with Gasteiger partial charge in [-0.25, -0.2) is 13.8 Å². The molecule has 1 saturated heterocycles. The van der Waals surface area contributed by atoms with E-state index in [0.717, 1.165) is 18.6 Å². The lowest BCUT2D eigenvalue weighted by atomic mass is 10.0. The summed E-state index contributed by atoms with van der Waals surface area (Å²) in [5.41, 5.74) is 0.308. The quantitative estimate of drug-likeness (QED) is 0.214. The van der Waals surface area contributed by atoms with Crippen molar-refractivity contribution >= 4 is 0 Å². The van der Waals surface area contributed by atoms with Crippen molar-refractivity contribution in [3.05, 3.63) is 83.9 Å². The molecule has 0 N–H and O–H groups in total. The average molecular weight is 556 g/mol. The average Bonchev–Trinajstić information content (AvgIpc) is 3.70. The van der Waals surface area contributed by atoms with E-state index in [2.05, 4.69) is 15.2 Å². The molecule has 12 heteroatoms. The molecule has 2 aromatic carbocycles. The van der Waals surface area contributed by atoms with Gasteiger partial charge in [0.1, 0.15) is 18.0 Å². The molecule has 7 nitrogen and oxygen atoms in total. The molecule has 1 atom stereocenters. The first-order chi connectivity index (χ1) is 19.2. The molecule has 6 rings (SSSR count). The van der Waals surface area contributed by atoms with Gasteiger partial charge < -0.3 is 14.0 Å². The summed E-state index contributed by atoms with van der Waals surface area (Å²) < 4.78 is 87.3. The van der Waals surface area contributed by atoms with Crippen LogP contribution in [0.3, 0.4) is 0 Å². The molecule has 40 heavy (non-hydrogen) atoms. The van der Waals surface area contributed by atoms with Crippen LogP contribution in [0.25, 0.3) is 33.8 Å². The first-order valence-electron chi connectivity index (χ1n) is 12.4. The van der Waals surface area contributed by atoms with Crippen molar-refractivity contribution in [3.63, 3.8) is 0 Å². The highest BCUT2D eigenvalue weighted by Crippen LogP contribution is 2.39. The molecule has 3 aromatic rings. The summed E-state index contributed by atoms with van der Waals surface area (Å²) in [7, 11) is 0. The number of aromatic nitrogens is 4. The van der Waals surface area contributed by atoms with Gasteiger partial charge in [0.15, 0.2) is 17.4 Å². The van der Waals surface area contributed by atoms with Gasteiger partial charge in [-0.15, -0.1) is 0 Å². The Morgan fingerprint density at radius 1 is 1.00 bits per heavy atom. The fourth-order valence-corrected chi connectivity index (χ4v) is 4.57. The lowest BCUT2D eigenvalue weighted by Crippen LogP contribution is -2.13. The largest absolute Gasteiger partial charge is 0.493 e. The molecule has 0 spiro atoms. The molecule has 1 aromatic heterocycles. The number of hydrogen-bond acceptors (Lipinski definition) is 6. The summed E-state index contributed by atoms with van der Waals surface area (Å²) in [5, 5.41) is 8.12. The van der Waals surface area contributed by atoms with Crippen LogP contribution >= 0.6 is 0 Å². The SMILES string of the molecule is Fc1cccc(-c2cc3cnn(Cc4cc(-c5ccc(OCC6CCOC6)cc5C(F)(F)F)no4)cc-3n2)c1F. The Labute approximate surface area is 224 Å². The van der Waals surface area contributed by atoms with Gasteiger partial charge in [-0.2, -0.15) is 18.3 Å². The van der Waals surface area contributed by atoms with Crippen LogP contribution in [0.15, 0.2) is 65.4 Å². The Balaban J connectivity index is 1.22. The van der Waals surface area contributed by atoms with E-state index >= 15 is 0 Å². The summed E-state index contributed by atoms with van der Waals surface area (Å²) in [6.45, 7) is 1.47. The van der Waals surface area contributed by atoms with Gasteiger partial charge >= 0.3 is 6.18 Å². The number of ether oxygens (including phenoxy) is 2. The zero-order valence-corrected chi connectivity index (χ0v) is 20.8. The van der Waals surface area contributed by atoms with E-state index in [9.17, 15) is 22.0 Å². The molecular formula is C28H21F5N4O3. The number of fused-ring (bicyclic) bond motifs is 1. The van der Waals surface area contributed by atoms with Crippen LogP contribution in [-0.4, -0.2) is 39.7 Å². The minimum Gasteiger partial charge on any atom is -0.493 e. The van der Waals surface area contributed by atoms with Crippen LogP contribution in [0.2, 0.25) is 0 Å². The molecule has 3 aliphatic rings. The highest BCUT2D eigenvalue weighted by Gasteiger charge is 2.35. The van der Waals surface area contributed by atoms with E-state index < -0.39 is 23.4 Å². The van der Waals surface area contributed by atoms with E-state index in [-0.39, 0.29) is 53.1 Å². The zero-order valence-electron chi connectivity index (χ0n) is 20.8. The maximum atomic E-state index is 14.2. The highest BCUT2D eigenvalue weighted by atomic mass is 19.4. The second-order valence-corrected chi connectivity index (χ2v) is 9.48. The third-order valence-electron chi connectivity index (χ3n) is 6.63. The Morgan fingerprint density at radius 2 is 1.88 bits per heavy atom. The van der Waals surface area contributed by atoms with Crippen LogP contribution in [0.4, 0.5) is 22.0 Å². The molecule has 4 heterocycles. The van der Waals surface area contributed by atoms with Crippen LogP contribution in [-0.2, 0) is 17.5 Å². The van der Waals surface area contributed by atoms with Crippen LogP contribution in [0, 0.1) is 17.6 Å². The minimum absolute atomic E-state index is 0.00930. The summed E-state index contributed by atoms with van der Waals surface area (Å²) in [6, 6.07) is 10.6. The first-order valence-corrected chi connectivity index (χ1v) is 12.4. The van der Waals surface area contributed by atoms with E-state index in [4.69, 9.17) is 14.0 Å². The van der Waals surface area contributed by atoms with Crippen molar-refractivity contribution in [3.8, 4) is 39.5 Å². The molecule has 0 radical (unpaired) electrons. The summed E-state index contributed by atoms with van der Waals surface area (Å²) in [5.74, 6) is -1.46. The molecular weight excluding hydrogens is 535 g/mol. The predicted octanol–water partition coefficient (Wildman–Crippen LogP) is 6.47. The van der Waals surface area contributed by atoms with E-state index in [1.54, 1.807) is 12.3 Å². The van der Waals surface area contributed by atoms with Crippen molar-refractivity contribution < 1.29 is 35.9 Å². The maximum absolute atomic E-state index is 14.2. The standard InChI is InChI=1S/C28H21F5N4O3/c29-23-3-1-2-21(27(23)30)24-8-17-11-34-37(13-26(17)35-24)12-19-10-25(36-40-19)20-5-4-18(9-22(20)28(31,32)33)39-15-16-6-7-38-14-16/h1-5,8-11,13,16H,6-7,12,14-15H2. The van der Waals surface area contributed by atoms with Gasteiger partial charge in [0.2, 0.25) is 0 Å². The van der Waals surface area contributed by atoms with Crippen molar-refractivity contribution in [2.75, 3.05) is 19.8 Å². The van der Waals surface area contributed by atoms with Gasteiger partial charge in [-0.1, -0.05) is 11.2 Å².